The molecular formula is C16H15BrF2O2. The number of benzene rings is 2. The van der Waals surface area contributed by atoms with Crippen LogP contribution in [0.4, 0.5) is 8.78 Å². The maximum atomic E-state index is 13.9. The summed E-state index contributed by atoms with van der Waals surface area (Å²) < 4.78 is 27.9. The molecule has 0 aliphatic rings. The van der Waals surface area contributed by atoms with Crippen LogP contribution < -0.4 is 0 Å². The van der Waals surface area contributed by atoms with Gasteiger partial charge in [-0.15, -0.1) is 0 Å². The van der Waals surface area contributed by atoms with Crippen LogP contribution in [0.25, 0.3) is 0 Å². The fourth-order valence-electron chi connectivity index (χ4n) is 2.37. The van der Waals surface area contributed by atoms with E-state index in [2.05, 4.69) is 15.9 Å². The van der Waals surface area contributed by atoms with Crippen molar-refractivity contribution in [2.24, 2.45) is 0 Å². The molecule has 0 aliphatic heterocycles. The van der Waals surface area contributed by atoms with Crippen molar-refractivity contribution in [2.75, 3.05) is 13.2 Å². The number of hydrogen-bond acceptors (Lipinski definition) is 2. The monoisotopic (exact) mass is 356 g/mol. The smallest absolute Gasteiger partial charge is 0.162 e. The lowest BCUT2D eigenvalue weighted by Gasteiger charge is -2.31. The highest BCUT2D eigenvalue weighted by Gasteiger charge is 2.34. The summed E-state index contributed by atoms with van der Waals surface area (Å²) in [4.78, 5) is 0. The summed E-state index contributed by atoms with van der Waals surface area (Å²) in [6.45, 7) is -0.774. The van der Waals surface area contributed by atoms with Gasteiger partial charge in [0.05, 0.1) is 13.2 Å². The topological polar surface area (TPSA) is 40.5 Å². The number of hydrogen-bond donors (Lipinski definition) is 2. The lowest BCUT2D eigenvalue weighted by atomic mass is 9.76. The second-order valence-corrected chi connectivity index (χ2v) is 5.82. The number of rotatable bonds is 5. The average Bonchev–Trinajstić information content (AvgIpc) is 2.50. The van der Waals surface area contributed by atoms with E-state index in [0.717, 1.165) is 6.07 Å². The van der Waals surface area contributed by atoms with E-state index >= 15 is 0 Å². The Hall–Kier alpha value is -1.30. The Morgan fingerprint density at radius 1 is 0.952 bits per heavy atom. The Balaban J connectivity index is 2.49. The van der Waals surface area contributed by atoms with Gasteiger partial charge in [-0.05, 0) is 29.7 Å². The molecule has 0 saturated heterocycles. The first-order chi connectivity index (χ1) is 10.0. The Labute approximate surface area is 130 Å². The maximum Gasteiger partial charge on any atom is 0.162 e. The lowest BCUT2D eigenvalue weighted by Crippen LogP contribution is -2.38. The van der Waals surface area contributed by atoms with Gasteiger partial charge in [-0.25, -0.2) is 8.78 Å². The molecule has 2 N–H and O–H groups in total. The zero-order valence-corrected chi connectivity index (χ0v) is 12.8. The third-order valence-electron chi connectivity index (χ3n) is 3.61. The van der Waals surface area contributed by atoms with Gasteiger partial charge in [0.2, 0.25) is 0 Å². The van der Waals surface area contributed by atoms with Crippen molar-refractivity contribution >= 4 is 15.9 Å². The molecule has 0 atom stereocenters. The van der Waals surface area contributed by atoms with Crippen LogP contribution >= 0.6 is 15.9 Å². The van der Waals surface area contributed by atoms with Crippen LogP contribution in [-0.2, 0) is 11.8 Å². The highest BCUT2D eigenvalue weighted by molar-refractivity contribution is 9.10. The van der Waals surface area contributed by atoms with Crippen molar-refractivity contribution in [3.05, 3.63) is 69.7 Å². The zero-order chi connectivity index (χ0) is 15.5. The number of halogens is 3. The van der Waals surface area contributed by atoms with Gasteiger partial charge >= 0.3 is 0 Å². The Kier molecular flexibility index (Phi) is 5.08. The van der Waals surface area contributed by atoms with Crippen molar-refractivity contribution in [1.29, 1.82) is 0 Å². The van der Waals surface area contributed by atoms with Crippen LogP contribution in [0.5, 0.6) is 0 Å². The van der Waals surface area contributed by atoms with Gasteiger partial charge < -0.3 is 10.2 Å². The molecule has 0 spiro atoms. The van der Waals surface area contributed by atoms with E-state index in [-0.39, 0.29) is 25.2 Å². The minimum absolute atomic E-state index is 0.00773. The van der Waals surface area contributed by atoms with Crippen molar-refractivity contribution in [2.45, 2.75) is 11.8 Å². The molecular weight excluding hydrogens is 342 g/mol. The second-order valence-electron chi connectivity index (χ2n) is 4.97. The van der Waals surface area contributed by atoms with Gasteiger partial charge in [-0.1, -0.05) is 46.3 Å². The first-order valence-electron chi connectivity index (χ1n) is 6.43. The molecule has 112 valence electrons. The van der Waals surface area contributed by atoms with Crippen LogP contribution in [0.15, 0.2) is 46.9 Å². The largest absolute Gasteiger partial charge is 0.395 e. The molecule has 0 saturated carbocycles. The van der Waals surface area contributed by atoms with E-state index in [0.29, 0.717) is 10.0 Å². The van der Waals surface area contributed by atoms with E-state index in [1.807, 2.05) is 0 Å². The summed E-state index contributed by atoms with van der Waals surface area (Å²) in [5, 5.41) is 19.6. The van der Waals surface area contributed by atoms with Crippen LogP contribution in [0.3, 0.4) is 0 Å². The predicted octanol–water partition coefficient (Wildman–Crippen LogP) is 3.19. The van der Waals surface area contributed by atoms with E-state index in [1.54, 1.807) is 24.3 Å². The molecule has 2 aromatic rings. The molecule has 0 bridgehead atoms. The second kappa shape index (κ2) is 6.64. The Morgan fingerprint density at radius 2 is 1.62 bits per heavy atom. The van der Waals surface area contributed by atoms with Crippen molar-refractivity contribution < 1.29 is 19.0 Å². The van der Waals surface area contributed by atoms with Crippen LogP contribution in [0, 0.1) is 11.6 Å². The summed E-state index contributed by atoms with van der Waals surface area (Å²) in [7, 11) is 0. The van der Waals surface area contributed by atoms with Gasteiger partial charge in [-0.2, -0.15) is 0 Å². The van der Waals surface area contributed by atoms with Crippen LogP contribution in [0.2, 0.25) is 0 Å². The van der Waals surface area contributed by atoms with Crippen molar-refractivity contribution in [3.8, 4) is 0 Å². The molecule has 2 rings (SSSR count). The van der Waals surface area contributed by atoms with Crippen LogP contribution in [0.1, 0.15) is 11.1 Å². The van der Waals surface area contributed by atoms with E-state index in [4.69, 9.17) is 0 Å². The Bertz CT molecular complexity index is 627. The molecule has 21 heavy (non-hydrogen) atoms. The highest BCUT2D eigenvalue weighted by Crippen LogP contribution is 2.34. The van der Waals surface area contributed by atoms with E-state index in [9.17, 15) is 19.0 Å². The minimum atomic E-state index is -1.09. The van der Waals surface area contributed by atoms with E-state index in [1.165, 1.54) is 12.1 Å². The number of aliphatic hydroxyl groups is 2. The lowest BCUT2D eigenvalue weighted by molar-refractivity contribution is 0.115. The highest BCUT2D eigenvalue weighted by atomic mass is 79.9. The summed E-state index contributed by atoms with van der Waals surface area (Å²) in [6.07, 6.45) is -0.00773. The van der Waals surface area contributed by atoms with E-state index < -0.39 is 17.0 Å². The molecule has 0 unspecified atom stereocenters. The predicted molar refractivity (Wildman–Crippen MR) is 80.1 cm³/mol. The quantitative estimate of drug-likeness (QED) is 0.863. The van der Waals surface area contributed by atoms with Crippen LogP contribution in [-0.4, -0.2) is 23.4 Å². The number of aliphatic hydroxyl groups excluding tert-OH is 2. The summed E-state index contributed by atoms with van der Waals surface area (Å²) >= 11 is 3.37. The van der Waals surface area contributed by atoms with Crippen molar-refractivity contribution in [1.82, 2.24) is 0 Å². The molecule has 2 nitrogen and oxygen atoms in total. The summed E-state index contributed by atoms with van der Waals surface area (Å²) in [6, 6.07) is 11.0. The molecule has 2 aromatic carbocycles. The van der Waals surface area contributed by atoms with Gasteiger partial charge in [0.1, 0.15) is 0 Å². The zero-order valence-electron chi connectivity index (χ0n) is 11.2. The van der Waals surface area contributed by atoms with Crippen molar-refractivity contribution in [3.63, 3.8) is 0 Å². The molecule has 0 amide bonds. The third kappa shape index (κ3) is 3.15. The third-order valence-corrected chi connectivity index (χ3v) is 4.30. The molecule has 0 heterocycles. The average molecular weight is 357 g/mol. The summed E-state index contributed by atoms with van der Waals surface area (Å²) in [5.74, 6) is -1.89. The molecule has 0 fully saturated rings. The SMILES string of the molecule is OCC(CO)(Cc1cccc(F)c1F)c1ccccc1Br. The minimum Gasteiger partial charge on any atom is -0.395 e. The first-order valence-corrected chi connectivity index (χ1v) is 7.23. The molecule has 0 aromatic heterocycles. The molecule has 5 heteroatoms. The first kappa shape index (κ1) is 16.1. The van der Waals surface area contributed by atoms with Gasteiger partial charge in [0.15, 0.2) is 11.6 Å². The maximum absolute atomic E-state index is 13.9. The fraction of sp³-hybridized carbons (Fsp3) is 0.250. The van der Waals surface area contributed by atoms with Gasteiger partial charge in [-0.3, -0.25) is 0 Å². The summed E-state index contributed by atoms with van der Waals surface area (Å²) in [5.41, 5.74) is -0.318. The van der Waals surface area contributed by atoms with Gasteiger partial charge in [0, 0.05) is 9.89 Å². The molecule has 0 aliphatic carbocycles. The standard InChI is InChI=1S/C16H15BrF2O2/c17-13-6-2-1-5-12(13)16(9-20,10-21)8-11-4-3-7-14(18)15(11)19/h1-7,20-21H,8-10H2. The Morgan fingerprint density at radius 3 is 2.24 bits per heavy atom. The fourth-order valence-corrected chi connectivity index (χ4v) is 3.07. The normalized spacial score (nSPS) is 11.7. The van der Waals surface area contributed by atoms with Gasteiger partial charge in [0.25, 0.3) is 0 Å². The molecule has 0 radical (unpaired) electrons.